The molecule has 2 aromatic rings. The van der Waals surface area contributed by atoms with Gasteiger partial charge in [-0.1, -0.05) is 27.9 Å². The van der Waals surface area contributed by atoms with Crippen molar-refractivity contribution in [2.24, 2.45) is 0 Å². The monoisotopic (exact) mass is 389 g/mol. The number of benzene rings is 1. The number of ketones is 1. The van der Waals surface area contributed by atoms with Crippen molar-refractivity contribution in [2.75, 3.05) is 11.4 Å². The van der Waals surface area contributed by atoms with Crippen LogP contribution in [0.3, 0.4) is 0 Å². The van der Waals surface area contributed by atoms with E-state index in [-0.39, 0.29) is 18.7 Å². The van der Waals surface area contributed by atoms with Crippen molar-refractivity contribution in [2.45, 2.75) is 12.0 Å². The third-order valence-corrected chi connectivity index (χ3v) is 5.16. The van der Waals surface area contributed by atoms with Crippen molar-refractivity contribution >= 4 is 44.6 Å². The van der Waals surface area contributed by atoms with E-state index in [1.807, 2.05) is 0 Å². The number of amides is 1. The molecule has 1 amide bonds. The van der Waals surface area contributed by atoms with E-state index in [9.17, 15) is 14.7 Å². The highest BCUT2D eigenvalue weighted by Crippen LogP contribution is 2.44. The topological polar surface area (TPSA) is 57.6 Å². The van der Waals surface area contributed by atoms with Crippen LogP contribution in [0.2, 0.25) is 0 Å². The van der Waals surface area contributed by atoms with Crippen molar-refractivity contribution in [3.8, 4) is 12.3 Å². The van der Waals surface area contributed by atoms with Gasteiger partial charge in [-0.2, -0.15) is 0 Å². The first-order chi connectivity index (χ1) is 11.0. The molecule has 0 radical (unpaired) electrons. The summed E-state index contributed by atoms with van der Waals surface area (Å²) in [4.78, 5) is 27.0. The minimum atomic E-state index is -1.89. The van der Waals surface area contributed by atoms with Crippen LogP contribution in [0.25, 0.3) is 0 Å². The molecule has 0 fully saturated rings. The Morgan fingerprint density at radius 1 is 1.43 bits per heavy atom. The number of Topliss-reactive ketones (excluding diaryl/α,β-unsaturated/α-hetero) is 1. The predicted octanol–water partition coefficient (Wildman–Crippen LogP) is 2.95. The second-order valence-corrected chi connectivity index (χ2v) is 7.06. The molecule has 2 heterocycles. The number of hydrogen-bond donors (Lipinski definition) is 1. The Bertz CT molecular complexity index is 825. The van der Waals surface area contributed by atoms with E-state index in [0.717, 1.165) is 0 Å². The lowest BCUT2D eigenvalue weighted by Gasteiger charge is -2.21. The molecule has 4 nitrogen and oxygen atoms in total. The molecule has 116 valence electrons. The number of aliphatic hydroxyl groups is 1. The lowest BCUT2D eigenvalue weighted by Crippen LogP contribution is -2.41. The summed E-state index contributed by atoms with van der Waals surface area (Å²) in [5, 5.41) is 12.8. The van der Waals surface area contributed by atoms with Gasteiger partial charge in [0.05, 0.1) is 23.5 Å². The van der Waals surface area contributed by atoms with E-state index in [1.54, 1.807) is 35.7 Å². The lowest BCUT2D eigenvalue weighted by molar-refractivity contribution is -0.135. The number of anilines is 1. The number of carbonyl (C=O) groups is 2. The van der Waals surface area contributed by atoms with Gasteiger partial charge in [-0.3, -0.25) is 14.5 Å². The van der Waals surface area contributed by atoms with Gasteiger partial charge in [-0.15, -0.1) is 17.8 Å². The molecule has 6 heteroatoms. The van der Waals surface area contributed by atoms with Crippen molar-refractivity contribution in [3.05, 3.63) is 50.6 Å². The van der Waals surface area contributed by atoms with Crippen LogP contribution in [-0.2, 0) is 10.4 Å². The van der Waals surface area contributed by atoms with Gasteiger partial charge in [0.25, 0.3) is 5.91 Å². The molecule has 1 N–H and O–H groups in total. The number of terminal acetylenes is 1. The first-order valence-corrected chi connectivity index (χ1v) is 8.49. The Balaban J connectivity index is 2.04. The molecule has 0 spiro atoms. The number of halogens is 1. The zero-order valence-electron chi connectivity index (χ0n) is 12.0. The summed E-state index contributed by atoms with van der Waals surface area (Å²) >= 11 is 4.62. The first kappa shape index (κ1) is 15.9. The molecule has 1 aromatic carbocycles. The van der Waals surface area contributed by atoms with E-state index < -0.39 is 11.5 Å². The summed E-state index contributed by atoms with van der Waals surface area (Å²) in [7, 11) is 0. The van der Waals surface area contributed by atoms with Gasteiger partial charge in [-0.05, 0) is 29.6 Å². The predicted molar refractivity (Wildman–Crippen MR) is 92.5 cm³/mol. The maximum Gasteiger partial charge on any atom is 0.265 e. The van der Waals surface area contributed by atoms with E-state index in [4.69, 9.17) is 6.42 Å². The summed E-state index contributed by atoms with van der Waals surface area (Å²) < 4.78 is 0.716. The average molecular weight is 390 g/mol. The minimum absolute atomic E-state index is 0.0446. The number of nitrogens with zero attached hydrogens (tertiary/aromatic N) is 1. The zero-order valence-corrected chi connectivity index (χ0v) is 14.4. The molecular formula is C17H12BrNO3S. The SMILES string of the molecule is C#CCN1C(=O)[C@](O)(CC(=O)c2cccs2)c2cc(Br)ccc21. The van der Waals surface area contributed by atoms with Crippen molar-refractivity contribution in [1.82, 2.24) is 0 Å². The van der Waals surface area contributed by atoms with Crippen LogP contribution < -0.4 is 4.90 Å². The minimum Gasteiger partial charge on any atom is -0.375 e. The lowest BCUT2D eigenvalue weighted by atomic mass is 9.89. The highest BCUT2D eigenvalue weighted by Gasteiger charge is 2.50. The highest BCUT2D eigenvalue weighted by molar-refractivity contribution is 9.10. The van der Waals surface area contributed by atoms with Crippen LogP contribution in [0.5, 0.6) is 0 Å². The van der Waals surface area contributed by atoms with Gasteiger partial charge < -0.3 is 5.11 Å². The van der Waals surface area contributed by atoms with Crippen LogP contribution >= 0.6 is 27.3 Å². The summed E-state index contributed by atoms with van der Waals surface area (Å²) in [5.41, 5.74) is -0.952. The van der Waals surface area contributed by atoms with Crippen LogP contribution in [0.15, 0.2) is 40.2 Å². The third-order valence-electron chi connectivity index (χ3n) is 3.76. The van der Waals surface area contributed by atoms with E-state index in [0.29, 0.717) is 20.6 Å². The standard InChI is InChI=1S/C17H12BrNO3S/c1-2-7-19-13-6-5-11(18)9-12(13)17(22,16(19)21)10-14(20)15-4-3-8-23-15/h1,3-6,8-9,22H,7,10H2/t17-/m0/s1. The van der Waals surface area contributed by atoms with Crippen molar-refractivity contribution < 1.29 is 14.7 Å². The first-order valence-electron chi connectivity index (χ1n) is 6.82. The summed E-state index contributed by atoms with van der Waals surface area (Å²) in [5.74, 6) is 1.58. The third kappa shape index (κ3) is 2.61. The Labute approximate surface area is 145 Å². The fourth-order valence-corrected chi connectivity index (χ4v) is 3.72. The smallest absolute Gasteiger partial charge is 0.265 e. The number of rotatable bonds is 4. The van der Waals surface area contributed by atoms with E-state index in [2.05, 4.69) is 21.9 Å². The van der Waals surface area contributed by atoms with E-state index >= 15 is 0 Å². The Morgan fingerprint density at radius 3 is 2.87 bits per heavy atom. The molecule has 1 aliphatic rings. The molecule has 0 saturated heterocycles. The van der Waals surface area contributed by atoms with Gasteiger partial charge in [0.1, 0.15) is 0 Å². The van der Waals surface area contributed by atoms with Gasteiger partial charge in [0.2, 0.25) is 0 Å². The Hall–Kier alpha value is -1.94. The Morgan fingerprint density at radius 2 is 2.22 bits per heavy atom. The average Bonchev–Trinajstić information content (AvgIpc) is 3.11. The molecule has 1 atom stereocenters. The number of fused-ring (bicyclic) bond motifs is 1. The molecular weight excluding hydrogens is 378 g/mol. The molecule has 3 rings (SSSR count). The number of hydrogen-bond acceptors (Lipinski definition) is 4. The van der Waals surface area contributed by atoms with Gasteiger partial charge >= 0.3 is 0 Å². The van der Waals surface area contributed by atoms with Gasteiger partial charge in [0.15, 0.2) is 11.4 Å². The maximum absolute atomic E-state index is 12.7. The number of carbonyl (C=O) groups excluding carboxylic acids is 2. The second-order valence-electron chi connectivity index (χ2n) is 5.19. The number of thiophene rings is 1. The fraction of sp³-hybridized carbons (Fsp3) is 0.176. The summed E-state index contributed by atoms with van der Waals surface area (Å²) in [6.45, 7) is 0.0446. The second kappa shape index (κ2) is 5.93. The molecule has 0 bridgehead atoms. The quantitative estimate of drug-likeness (QED) is 0.645. The van der Waals surface area contributed by atoms with Crippen LogP contribution in [0.1, 0.15) is 21.7 Å². The fourth-order valence-electron chi connectivity index (χ4n) is 2.70. The molecule has 1 aliphatic heterocycles. The highest BCUT2D eigenvalue weighted by atomic mass is 79.9. The van der Waals surface area contributed by atoms with Crippen LogP contribution in [-0.4, -0.2) is 23.3 Å². The van der Waals surface area contributed by atoms with Crippen LogP contribution in [0.4, 0.5) is 5.69 Å². The largest absolute Gasteiger partial charge is 0.375 e. The van der Waals surface area contributed by atoms with Gasteiger partial charge in [-0.25, -0.2) is 0 Å². The summed E-state index contributed by atoms with van der Waals surface area (Å²) in [6.07, 6.45) is 5.02. The van der Waals surface area contributed by atoms with Crippen molar-refractivity contribution in [3.63, 3.8) is 0 Å². The van der Waals surface area contributed by atoms with Crippen molar-refractivity contribution in [1.29, 1.82) is 0 Å². The van der Waals surface area contributed by atoms with Crippen LogP contribution in [0, 0.1) is 12.3 Å². The summed E-state index contributed by atoms with van der Waals surface area (Å²) in [6, 6.07) is 8.57. The maximum atomic E-state index is 12.7. The Kier molecular flexibility index (Phi) is 4.11. The normalized spacial score (nSPS) is 19.5. The molecule has 23 heavy (non-hydrogen) atoms. The zero-order chi connectivity index (χ0) is 16.6. The molecule has 1 aromatic heterocycles. The molecule has 0 saturated carbocycles. The molecule has 0 aliphatic carbocycles. The molecule has 0 unspecified atom stereocenters. The van der Waals surface area contributed by atoms with Gasteiger partial charge in [0, 0.05) is 10.0 Å². The van der Waals surface area contributed by atoms with E-state index in [1.165, 1.54) is 16.2 Å².